The highest BCUT2D eigenvalue weighted by atomic mass is 16.5. The zero-order valence-corrected chi connectivity index (χ0v) is 11.7. The average Bonchev–Trinajstić information content (AvgIpc) is 2.90. The number of nitrogens with zero attached hydrogens (tertiary/aromatic N) is 3. The molecule has 0 aliphatic carbocycles. The molecule has 0 spiro atoms. The molecule has 0 bridgehead atoms. The minimum absolute atomic E-state index is 0.546. The maximum Gasteiger partial charge on any atom is 0.122 e. The smallest absolute Gasteiger partial charge is 0.122 e. The van der Waals surface area contributed by atoms with E-state index in [1.165, 1.54) is 25.2 Å². The highest BCUT2D eigenvalue weighted by Crippen LogP contribution is 2.27. The molecule has 1 aliphatic heterocycles. The molecule has 0 N–H and O–H groups in total. The van der Waals surface area contributed by atoms with Crippen LogP contribution in [-0.2, 0) is 0 Å². The maximum absolute atomic E-state index is 5.26. The molecule has 0 amide bonds. The molecule has 4 heteroatoms. The number of ether oxygens (including phenoxy) is 1. The number of pyridine rings is 1. The Kier molecular flexibility index (Phi) is 3.42. The number of fused-ring (bicyclic) bond motifs is 1. The first-order valence-electron chi connectivity index (χ1n) is 7.05. The molecule has 1 unspecified atom stereocenters. The minimum Gasteiger partial charge on any atom is -0.497 e. The van der Waals surface area contributed by atoms with Crippen molar-refractivity contribution in [3.8, 4) is 5.75 Å². The molecule has 1 atom stereocenters. The number of imidazole rings is 1. The molecule has 2 aromatic rings. The zero-order valence-electron chi connectivity index (χ0n) is 11.7. The van der Waals surface area contributed by atoms with Crippen LogP contribution in [0, 0.1) is 0 Å². The fourth-order valence-electron chi connectivity index (χ4n) is 2.98. The number of likely N-dealkylation sites (N-methyl/N-ethyl adjacent to an activating group) is 1. The van der Waals surface area contributed by atoms with Gasteiger partial charge in [-0.1, -0.05) is 6.92 Å². The van der Waals surface area contributed by atoms with Gasteiger partial charge in [-0.25, -0.2) is 4.98 Å². The van der Waals surface area contributed by atoms with E-state index < -0.39 is 0 Å². The number of methoxy groups -OCH3 is 1. The SMILES string of the molecule is CCN1CCCC(c2ncc3cc(OC)ccn23)C1. The van der Waals surface area contributed by atoms with Crippen molar-refractivity contribution in [2.24, 2.45) is 0 Å². The van der Waals surface area contributed by atoms with Crippen molar-refractivity contribution < 1.29 is 4.74 Å². The second kappa shape index (κ2) is 5.21. The quantitative estimate of drug-likeness (QED) is 0.848. The molecule has 4 nitrogen and oxygen atoms in total. The summed E-state index contributed by atoms with van der Waals surface area (Å²) in [6, 6.07) is 4.04. The fourth-order valence-corrected chi connectivity index (χ4v) is 2.98. The highest BCUT2D eigenvalue weighted by molar-refractivity contribution is 5.50. The summed E-state index contributed by atoms with van der Waals surface area (Å²) in [7, 11) is 1.70. The lowest BCUT2D eigenvalue weighted by Crippen LogP contribution is -2.34. The molecule has 1 saturated heterocycles. The number of hydrogen-bond donors (Lipinski definition) is 0. The lowest BCUT2D eigenvalue weighted by Gasteiger charge is -2.31. The van der Waals surface area contributed by atoms with Crippen LogP contribution in [0.5, 0.6) is 5.75 Å². The molecule has 0 aromatic carbocycles. The Morgan fingerprint density at radius 1 is 1.47 bits per heavy atom. The van der Waals surface area contributed by atoms with Gasteiger partial charge in [0.2, 0.25) is 0 Å². The Balaban J connectivity index is 1.92. The summed E-state index contributed by atoms with van der Waals surface area (Å²) in [5.41, 5.74) is 1.11. The van der Waals surface area contributed by atoms with Crippen LogP contribution in [0.15, 0.2) is 24.5 Å². The second-order valence-electron chi connectivity index (χ2n) is 5.21. The number of aromatic nitrogens is 2. The Morgan fingerprint density at radius 3 is 3.16 bits per heavy atom. The van der Waals surface area contributed by atoms with Crippen molar-refractivity contribution in [1.29, 1.82) is 0 Å². The van der Waals surface area contributed by atoms with Crippen LogP contribution < -0.4 is 4.74 Å². The van der Waals surface area contributed by atoms with Gasteiger partial charge in [0.25, 0.3) is 0 Å². The minimum atomic E-state index is 0.546. The van der Waals surface area contributed by atoms with E-state index in [1.54, 1.807) is 7.11 Å². The molecular formula is C15H21N3O. The molecule has 19 heavy (non-hydrogen) atoms. The van der Waals surface area contributed by atoms with E-state index in [1.807, 2.05) is 18.3 Å². The van der Waals surface area contributed by atoms with Gasteiger partial charge in [0.15, 0.2) is 0 Å². The van der Waals surface area contributed by atoms with E-state index in [-0.39, 0.29) is 0 Å². The number of hydrogen-bond acceptors (Lipinski definition) is 3. The van der Waals surface area contributed by atoms with Crippen LogP contribution in [0.25, 0.3) is 5.52 Å². The fraction of sp³-hybridized carbons (Fsp3) is 0.533. The van der Waals surface area contributed by atoms with E-state index in [9.17, 15) is 0 Å². The Bertz CT molecular complexity index is 564. The van der Waals surface area contributed by atoms with Crippen LogP contribution in [0.1, 0.15) is 31.5 Å². The predicted octanol–water partition coefficient (Wildman–Crippen LogP) is 2.54. The Morgan fingerprint density at radius 2 is 2.37 bits per heavy atom. The molecule has 102 valence electrons. The van der Waals surface area contributed by atoms with Gasteiger partial charge in [0, 0.05) is 24.7 Å². The molecular weight excluding hydrogens is 238 g/mol. The van der Waals surface area contributed by atoms with Crippen LogP contribution in [-0.4, -0.2) is 41.0 Å². The molecule has 2 aromatic heterocycles. The third kappa shape index (κ3) is 2.32. The van der Waals surface area contributed by atoms with Crippen molar-refractivity contribution in [1.82, 2.24) is 14.3 Å². The molecule has 0 radical (unpaired) electrons. The summed E-state index contributed by atoms with van der Waals surface area (Å²) in [5, 5.41) is 0. The van der Waals surface area contributed by atoms with Crippen molar-refractivity contribution in [3.63, 3.8) is 0 Å². The lowest BCUT2D eigenvalue weighted by molar-refractivity contribution is 0.213. The summed E-state index contributed by atoms with van der Waals surface area (Å²) in [4.78, 5) is 7.16. The first-order valence-corrected chi connectivity index (χ1v) is 7.05. The predicted molar refractivity (Wildman–Crippen MR) is 75.8 cm³/mol. The van der Waals surface area contributed by atoms with Crippen LogP contribution in [0.2, 0.25) is 0 Å². The number of likely N-dealkylation sites (tertiary alicyclic amines) is 1. The zero-order chi connectivity index (χ0) is 13.2. The maximum atomic E-state index is 5.26. The van der Waals surface area contributed by atoms with Gasteiger partial charge in [0.1, 0.15) is 11.6 Å². The summed E-state index contributed by atoms with van der Waals surface area (Å²) in [5.74, 6) is 2.62. The van der Waals surface area contributed by atoms with E-state index >= 15 is 0 Å². The van der Waals surface area contributed by atoms with Crippen LogP contribution >= 0.6 is 0 Å². The third-order valence-electron chi connectivity index (χ3n) is 4.09. The van der Waals surface area contributed by atoms with Gasteiger partial charge in [-0.05, 0) is 32.0 Å². The molecule has 3 rings (SSSR count). The van der Waals surface area contributed by atoms with Gasteiger partial charge in [-0.3, -0.25) is 0 Å². The Hall–Kier alpha value is -1.55. The van der Waals surface area contributed by atoms with Crippen molar-refractivity contribution in [2.75, 3.05) is 26.7 Å². The number of piperidine rings is 1. The monoisotopic (exact) mass is 259 g/mol. The first kappa shape index (κ1) is 12.5. The largest absolute Gasteiger partial charge is 0.497 e. The van der Waals surface area contributed by atoms with Gasteiger partial charge in [-0.15, -0.1) is 0 Å². The van der Waals surface area contributed by atoms with Gasteiger partial charge < -0.3 is 14.0 Å². The van der Waals surface area contributed by atoms with E-state index in [0.717, 1.165) is 24.4 Å². The third-order valence-corrected chi connectivity index (χ3v) is 4.09. The summed E-state index contributed by atoms with van der Waals surface area (Å²) in [6.45, 7) is 5.72. The van der Waals surface area contributed by atoms with E-state index in [4.69, 9.17) is 4.74 Å². The van der Waals surface area contributed by atoms with E-state index in [0.29, 0.717) is 5.92 Å². The highest BCUT2D eigenvalue weighted by Gasteiger charge is 2.23. The normalized spacial score (nSPS) is 20.8. The van der Waals surface area contributed by atoms with E-state index in [2.05, 4.69) is 27.4 Å². The Labute approximate surface area is 114 Å². The van der Waals surface area contributed by atoms with Crippen molar-refractivity contribution in [2.45, 2.75) is 25.7 Å². The van der Waals surface area contributed by atoms with Crippen LogP contribution in [0.4, 0.5) is 0 Å². The second-order valence-corrected chi connectivity index (χ2v) is 5.21. The molecule has 3 heterocycles. The lowest BCUT2D eigenvalue weighted by atomic mass is 9.97. The first-order chi connectivity index (χ1) is 9.31. The molecule has 1 aliphatic rings. The average molecular weight is 259 g/mol. The molecule has 1 fully saturated rings. The topological polar surface area (TPSA) is 29.8 Å². The van der Waals surface area contributed by atoms with Crippen molar-refractivity contribution >= 4 is 5.52 Å². The summed E-state index contributed by atoms with van der Waals surface area (Å²) in [6.07, 6.45) is 6.52. The number of rotatable bonds is 3. The van der Waals surface area contributed by atoms with Gasteiger partial charge in [0.05, 0.1) is 18.8 Å². The summed E-state index contributed by atoms with van der Waals surface area (Å²) < 4.78 is 7.46. The van der Waals surface area contributed by atoms with Gasteiger partial charge >= 0.3 is 0 Å². The summed E-state index contributed by atoms with van der Waals surface area (Å²) >= 11 is 0. The standard InChI is InChI=1S/C15H21N3O/c1-3-17-7-4-5-12(11-17)15-16-10-13-9-14(19-2)6-8-18(13)15/h6,8-10,12H,3-5,7,11H2,1-2H3. The molecule has 0 saturated carbocycles. The van der Waals surface area contributed by atoms with Gasteiger partial charge in [-0.2, -0.15) is 0 Å². The van der Waals surface area contributed by atoms with Crippen molar-refractivity contribution in [3.05, 3.63) is 30.4 Å². The van der Waals surface area contributed by atoms with Crippen LogP contribution in [0.3, 0.4) is 0 Å².